The van der Waals surface area contributed by atoms with E-state index in [0.717, 1.165) is 0 Å². The van der Waals surface area contributed by atoms with Gasteiger partial charge in [-0.25, -0.2) is 0 Å². The summed E-state index contributed by atoms with van der Waals surface area (Å²) in [5.41, 5.74) is 0.00840. The van der Waals surface area contributed by atoms with Crippen molar-refractivity contribution in [1.29, 1.82) is 0 Å². The zero-order chi connectivity index (χ0) is 23.3. The van der Waals surface area contributed by atoms with Gasteiger partial charge in [-0.1, -0.05) is 41.0 Å². The van der Waals surface area contributed by atoms with Crippen LogP contribution in [0.4, 0.5) is 11.4 Å². The van der Waals surface area contributed by atoms with Gasteiger partial charge in [-0.05, 0) is 38.1 Å². The van der Waals surface area contributed by atoms with Crippen LogP contribution in [0, 0.1) is 10.1 Å². The van der Waals surface area contributed by atoms with Crippen LogP contribution in [-0.2, 0) is 11.3 Å². The first-order valence-corrected chi connectivity index (χ1v) is 11.2. The van der Waals surface area contributed by atoms with Crippen LogP contribution in [0.1, 0.15) is 25.8 Å². The molecule has 0 aliphatic rings. The normalized spacial score (nSPS) is 11.8. The van der Waals surface area contributed by atoms with Crippen molar-refractivity contribution in [2.45, 2.75) is 31.7 Å². The number of anilines is 1. The molecule has 0 aliphatic heterocycles. The number of benzene rings is 2. The number of carbonyl (C=O) groups is 1. The molecule has 0 spiro atoms. The second kappa shape index (κ2) is 10.7. The van der Waals surface area contributed by atoms with E-state index in [9.17, 15) is 14.9 Å². The molecule has 1 amide bonds. The Balaban J connectivity index is 1.65. The van der Waals surface area contributed by atoms with Gasteiger partial charge in [0, 0.05) is 23.7 Å². The Kier molecular flexibility index (Phi) is 7.94. The Morgan fingerprint density at radius 3 is 2.75 bits per heavy atom. The molecule has 1 heterocycles. The van der Waals surface area contributed by atoms with Gasteiger partial charge in [0.15, 0.2) is 17.1 Å². The summed E-state index contributed by atoms with van der Waals surface area (Å²) in [4.78, 5) is 22.8. The fourth-order valence-electron chi connectivity index (χ4n) is 2.84. The maximum Gasteiger partial charge on any atom is 0.271 e. The number of nitrogens with zero attached hydrogens (tertiary/aromatic N) is 4. The number of aromatic nitrogens is 3. The van der Waals surface area contributed by atoms with Crippen LogP contribution < -0.4 is 10.1 Å². The molecule has 1 aromatic heterocycles. The van der Waals surface area contributed by atoms with E-state index < -0.39 is 11.0 Å². The monoisotopic (exact) mass is 495 g/mol. The van der Waals surface area contributed by atoms with Gasteiger partial charge in [0.1, 0.15) is 5.75 Å². The average molecular weight is 496 g/mol. The summed E-state index contributed by atoms with van der Waals surface area (Å²) in [6.07, 6.45) is -0.396. The van der Waals surface area contributed by atoms with Crippen molar-refractivity contribution in [2.75, 3.05) is 11.1 Å². The number of ether oxygens (including phenoxy) is 1. The lowest BCUT2D eigenvalue weighted by molar-refractivity contribution is -0.384. The molecule has 0 radical (unpaired) electrons. The van der Waals surface area contributed by atoms with Crippen molar-refractivity contribution in [3.8, 4) is 5.75 Å². The highest BCUT2D eigenvalue weighted by molar-refractivity contribution is 7.99. The van der Waals surface area contributed by atoms with Crippen LogP contribution in [0.2, 0.25) is 10.0 Å². The largest absolute Gasteiger partial charge is 0.483 e. The number of nitrogens with one attached hydrogen (secondary N) is 1. The van der Waals surface area contributed by atoms with Gasteiger partial charge in [-0.15, -0.1) is 10.2 Å². The summed E-state index contributed by atoms with van der Waals surface area (Å²) in [7, 11) is 0. The summed E-state index contributed by atoms with van der Waals surface area (Å²) in [5.74, 6) is 0.851. The van der Waals surface area contributed by atoms with Crippen LogP contribution in [0.3, 0.4) is 0 Å². The predicted molar refractivity (Wildman–Crippen MR) is 124 cm³/mol. The fraction of sp³-hybridized carbons (Fsp3) is 0.250. The van der Waals surface area contributed by atoms with E-state index in [0.29, 0.717) is 28.3 Å². The number of non-ortho nitro benzene ring substituents is 1. The molecule has 168 valence electrons. The number of rotatable bonds is 9. The van der Waals surface area contributed by atoms with Crippen molar-refractivity contribution in [3.05, 3.63) is 68.4 Å². The van der Waals surface area contributed by atoms with E-state index in [2.05, 4.69) is 15.5 Å². The molecule has 2 aromatic carbocycles. The highest BCUT2D eigenvalue weighted by atomic mass is 35.5. The molecule has 1 unspecified atom stereocenters. The number of hydrogen-bond donors (Lipinski definition) is 1. The SMILES string of the molecule is CCn1c(SCC(=O)Nc2cc([N+](=O)[O-])ccc2Cl)nnc1C(C)Oc1cccc(Cl)c1. The zero-order valence-electron chi connectivity index (χ0n) is 17.1. The highest BCUT2D eigenvalue weighted by Crippen LogP contribution is 2.28. The molecule has 3 aromatic rings. The molecule has 0 aliphatic carbocycles. The first-order chi connectivity index (χ1) is 15.3. The molecule has 1 N–H and O–H groups in total. The summed E-state index contributed by atoms with van der Waals surface area (Å²) >= 11 is 13.2. The Morgan fingerprint density at radius 1 is 1.28 bits per heavy atom. The van der Waals surface area contributed by atoms with Crippen LogP contribution in [0.5, 0.6) is 5.75 Å². The fourth-order valence-corrected chi connectivity index (χ4v) is 4.00. The minimum Gasteiger partial charge on any atom is -0.483 e. The van der Waals surface area contributed by atoms with E-state index >= 15 is 0 Å². The third-order valence-electron chi connectivity index (χ3n) is 4.30. The molecular weight excluding hydrogens is 477 g/mol. The van der Waals surface area contributed by atoms with Crippen LogP contribution in [0.15, 0.2) is 47.6 Å². The van der Waals surface area contributed by atoms with Gasteiger partial charge in [-0.3, -0.25) is 14.9 Å². The van der Waals surface area contributed by atoms with Crippen molar-refractivity contribution in [3.63, 3.8) is 0 Å². The number of amides is 1. The third-order valence-corrected chi connectivity index (χ3v) is 5.83. The molecule has 32 heavy (non-hydrogen) atoms. The topological polar surface area (TPSA) is 112 Å². The number of carbonyl (C=O) groups excluding carboxylic acids is 1. The third kappa shape index (κ3) is 5.90. The molecule has 0 saturated carbocycles. The maximum absolute atomic E-state index is 12.4. The van der Waals surface area contributed by atoms with Crippen molar-refractivity contribution >= 4 is 52.2 Å². The minimum atomic E-state index is -0.557. The molecule has 0 bridgehead atoms. The highest BCUT2D eigenvalue weighted by Gasteiger charge is 2.20. The molecule has 9 nitrogen and oxygen atoms in total. The quantitative estimate of drug-likeness (QED) is 0.240. The first-order valence-electron chi connectivity index (χ1n) is 9.50. The van der Waals surface area contributed by atoms with E-state index in [1.807, 2.05) is 18.4 Å². The number of halogens is 2. The minimum absolute atomic E-state index is 0.0146. The van der Waals surface area contributed by atoms with Gasteiger partial charge < -0.3 is 14.6 Å². The Bertz CT molecular complexity index is 1140. The van der Waals surface area contributed by atoms with E-state index in [1.165, 1.54) is 30.0 Å². The molecule has 3 rings (SSSR count). The molecule has 0 saturated heterocycles. The van der Waals surface area contributed by atoms with Crippen molar-refractivity contribution < 1.29 is 14.5 Å². The van der Waals surface area contributed by atoms with Gasteiger partial charge in [0.2, 0.25) is 5.91 Å². The lowest BCUT2D eigenvalue weighted by atomic mass is 10.3. The number of thioether (sulfide) groups is 1. The summed E-state index contributed by atoms with van der Waals surface area (Å²) in [6.45, 7) is 4.36. The molecule has 1 atom stereocenters. The zero-order valence-corrected chi connectivity index (χ0v) is 19.4. The number of hydrogen-bond acceptors (Lipinski definition) is 7. The average Bonchev–Trinajstić information content (AvgIpc) is 3.16. The Labute approximate surface area is 198 Å². The van der Waals surface area contributed by atoms with Crippen LogP contribution in [-0.4, -0.2) is 31.3 Å². The van der Waals surface area contributed by atoms with E-state index in [-0.39, 0.29) is 28.1 Å². The van der Waals surface area contributed by atoms with Crippen molar-refractivity contribution in [1.82, 2.24) is 14.8 Å². The first kappa shape index (κ1) is 23.8. The molecular formula is C20H19Cl2N5O4S. The second-order valence-corrected chi connectivity index (χ2v) is 8.35. The summed E-state index contributed by atoms with van der Waals surface area (Å²) in [5, 5.41) is 23.2. The van der Waals surface area contributed by atoms with Gasteiger partial charge in [0.25, 0.3) is 5.69 Å². The van der Waals surface area contributed by atoms with Crippen molar-refractivity contribution in [2.24, 2.45) is 0 Å². The van der Waals surface area contributed by atoms with E-state index in [1.54, 1.807) is 24.3 Å². The lowest BCUT2D eigenvalue weighted by Gasteiger charge is -2.15. The summed E-state index contributed by atoms with van der Waals surface area (Å²) < 4.78 is 7.77. The summed E-state index contributed by atoms with van der Waals surface area (Å²) in [6, 6.07) is 10.9. The predicted octanol–water partition coefficient (Wildman–Crippen LogP) is 5.38. The molecule has 12 heteroatoms. The maximum atomic E-state index is 12.4. The van der Waals surface area contributed by atoms with Crippen LogP contribution >= 0.6 is 35.0 Å². The lowest BCUT2D eigenvalue weighted by Crippen LogP contribution is -2.16. The standard InChI is InChI=1S/C20H19Cl2N5O4S/c1-3-26-19(12(2)31-15-6-4-5-13(21)9-15)24-25-20(26)32-11-18(28)23-17-10-14(27(29)30)7-8-16(17)22/h4-10,12H,3,11H2,1-2H3,(H,23,28). The second-order valence-electron chi connectivity index (χ2n) is 6.56. The van der Waals surface area contributed by atoms with Gasteiger partial charge in [-0.2, -0.15) is 0 Å². The smallest absolute Gasteiger partial charge is 0.271 e. The van der Waals surface area contributed by atoms with Gasteiger partial charge >= 0.3 is 0 Å². The number of nitro benzene ring substituents is 1. The van der Waals surface area contributed by atoms with Crippen LogP contribution in [0.25, 0.3) is 0 Å². The van der Waals surface area contributed by atoms with E-state index in [4.69, 9.17) is 27.9 Å². The Hall–Kier alpha value is -2.82. The van der Waals surface area contributed by atoms with Gasteiger partial charge in [0.05, 0.1) is 21.4 Å². The molecule has 0 fully saturated rings. The number of nitro groups is 1. The Morgan fingerprint density at radius 2 is 2.06 bits per heavy atom.